The summed E-state index contributed by atoms with van der Waals surface area (Å²) in [5.74, 6) is 0.913. The van der Waals surface area contributed by atoms with Crippen LogP contribution in [0.1, 0.15) is 25.3 Å². The van der Waals surface area contributed by atoms with Crippen LogP contribution in [0.4, 0.5) is 4.39 Å². The zero-order chi connectivity index (χ0) is 19.1. The summed E-state index contributed by atoms with van der Waals surface area (Å²) in [6.45, 7) is 4.67. The summed E-state index contributed by atoms with van der Waals surface area (Å²) in [6.07, 6.45) is 0. The predicted octanol–water partition coefficient (Wildman–Crippen LogP) is 3.30. The lowest BCUT2D eigenvalue weighted by Crippen LogP contribution is -2.11. The summed E-state index contributed by atoms with van der Waals surface area (Å²) in [6, 6.07) is 10.8. The summed E-state index contributed by atoms with van der Waals surface area (Å²) >= 11 is 0. The fourth-order valence-corrected chi connectivity index (χ4v) is 4.04. The Bertz CT molecular complexity index is 910. The normalized spacial score (nSPS) is 21.3. The molecule has 1 aliphatic rings. The van der Waals surface area contributed by atoms with Crippen LogP contribution in [-0.4, -0.2) is 22.1 Å². The largest absolute Gasteiger partial charge is 0.493 e. The number of halogens is 1. The maximum absolute atomic E-state index is 13.5. The number of rotatable bonds is 6. The molecule has 26 heavy (non-hydrogen) atoms. The highest BCUT2D eigenvalue weighted by Gasteiger charge is 2.58. The lowest BCUT2D eigenvalue weighted by atomic mass is 10.0. The second-order valence-electron chi connectivity index (χ2n) is 7.13. The minimum Gasteiger partial charge on any atom is -0.493 e. The summed E-state index contributed by atoms with van der Waals surface area (Å²) < 4.78 is 47.2. The van der Waals surface area contributed by atoms with Crippen molar-refractivity contribution in [3.63, 3.8) is 0 Å². The molecule has 5 nitrogen and oxygen atoms in total. The third-order valence-electron chi connectivity index (χ3n) is 5.16. The summed E-state index contributed by atoms with van der Waals surface area (Å²) in [5, 5.41) is 5.14. The molecule has 140 valence electrons. The molecule has 2 N–H and O–H groups in total. The van der Waals surface area contributed by atoms with Gasteiger partial charge in [0, 0.05) is 12.0 Å². The maximum atomic E-state index is 13.5. The molecule has 0 unspecified atom stereocenters. The number of hydrogen-bond acceptors (Lipinski definition) is 4. The van der Waals surface area contributed by atoms with Gasteiger partial charge in [0.1, 0.15) is 5.82 Å². The van der Waals surface area contributed by atoms with Gasteiger partial charge in [0.25, 0.3) is 0 Å². The van der Waals surface area contributed by atoms with E-state index in [-0.39, 0.29) is 28.0 Å². The van der Waals surface area contributed by atoms with E-state index >= 15 is 0 Å². The molecule has 1 fully saturated rings. The second-order valence-corrected chi connectivity index (χ2v) is 8.69. The number of benzene rings is 2. The van der Waals surface area contributed by atoms with Gasteiger partial charge in [0.15, 0.2) is 11.5 Å². The van der Waals surface area contributed by atoms with Crippen molar-refractivity contribution in [2.45, 2.75) is 24.7 Å². The van der Waals surface area contributed by atoms with Crippen molar-refractivity contribution >= 4 is 10.0 Å². The van der Waals surface area contributed by atoms with E-state index in [1.54, 1.807) is 12.1 Å². The van der Waals surface area contributed by atoms with Gasteiger partial charge in [-0.25, -0.2) is 17.9 Å². The summed E-state index contributed by atoms with van der Waals surface area (Å²) in [4.78, 5) is 0.0944. The Kier molecular flexibility index (Phi) is 4.71. The molecule has 3 rings (SSSR count). The second kappa shape index (κ2) is 6.55. The van der Waals surface area contributed by atoms with Crippen LogP contribution in [0.5, 0.6) is 11.5 Å². The van der Waals surface area contributed by atoms with Gasteiger partial charge in [0.2, 0.25) is 10.0 Å². The van der Waals surface area contributed by atoms with Crippen LogP contribution >= 0.6 is 0 Å². The fraction of sp³-hybridized carbons (Fsp3) is 0.368. The van der Waals surface area contributed by atoms with Crippen molar-refractivity contribution in [1.29, 1.82) is 0 Å². The molecule has 0 bridgehead atoms. The zero-order valence-corrected chi connectivity index (χ0v) is 15.7. The van der Waals surface area contributed by atoms with Crippen LogP contribution in [0.2, 0.25) is 0 Å². The Labute approximate surface area is 153 Å². The topological polar surface area (TPSA) is 78.6 Å². The molecular weight excluding hydrogens is 357 g/mol. The Hall–Kier alpha value is -2.12. The lowest BCUT2D eigenvalue weighted by molar-refractivity contribution is 0.262. The first kappa shape index (κ1) is 18.7. The SMILES string of the molecule is COc1ccc(F)cc1OC[C@H]1[C@H](c2ccc(S(N)(=O)=O)cc2)C1(C)C. The van der Waals surface area contributed by atoms with E-state index in [9.17, 15) is 12.8 Å². The number of nitrogens with two attached hydrogens (primary N) is 1. The molecule has 0 aromatic heterocycles. The average molecular weight is 379 g/mol. The van der Waals surface area contributed by atoms with E-state index in [1.807, 2.05) is 0 Å². The van der Waals surface area contributed by atoms with Crippen LogP contribution in [0.15, 0.2) is 47.4 Å². The van der Waals surface area contributed by atoms with Gasteiger partial charge in [-0.2, -0.15) is 0 Å². The minimum atomic E-state index is -3.70. The first-order valence-corrected chi connectivity index (χ1v) is 9.78. The van der Waals surface area contributed by atoms with E-state index in [0.717, 1.165) is 5.56 Å². The Morgan fingerprint density at radius 3 is 2.35 bits per heavy atom. The minimum absolute atomic E-state index is 0.0103. The lowest BCUT2D eigenvalue weighted by Gasteiger charge is -2.11. The van der Waals surface area contributed by atoms with Crippen LogP contribution < -0.4 is 14.6 Å². The van der Waals surface area contributed by atoms with E-state index in [1.165, 1.54) is 37.4 Å². The molecule has 0 spiro atoms. The van der Waals surface area contributed by atoms with Gasteiger partial charge < -0.3 is 9.47 Å². The highest BCUT2D eigenvalue weighted by atomic mass is 32.2. The first-order valence-electron chi connectivity index (χ1n) is 8.23. The Balaban J connectivity index is 1.73. The fourth-order valence-electron chi connectivity index (χ4n) is 3.52. The van der Waals surface area contributed by atoms with Crippen molar-refractivity contribution in [2.24, 2.45) is 16.5 Å². The standard InChI is InChI=1S/C19H22FNO4S/c1-19(2)15(11-25-17-10-13(20)6-9-16(17)24-3)18(19)12-4-7-14(8-5-12)26(21,22)23/h4-10,15,18H,11H2,1-3H3,(H2,21,22,23)/t15-,18-/m0/s1. The molecule has 2 aromatic rings. The summed E-state index contributed by atoms with van der Waals surface area (Å²) in [5.41, 5.74) is 1.02. The van der Waals surface area contributed by atoms with Crippen LogP contribution in [-0.2, 0) is 10.0 Å². The van der Waals surface area contributed by atoms with Gasteiger partial charge in [-0.05, 0) is 41.2 Å². The van der Waals surface area contributed by atoms with Crippen molar-refractivity contribution in [3.8, 4) is 11.5 Å². The smallest absolute Gasteiger partial charge is 0.238 e. The van der Waals surface area contributed by atoms with Crippen molar-refractivity contribution in [2.75, 3.05) is 13.7 Å². The molecule has 7 heteroatoms. The maximum Gasteiger partial charge on any atom is 0.238 e. The number of sulfonamides is 1. The summed E-state index contributed by atoms with van der Waals surface area (Å²) in [7, 11) is -2.19. The van der Waals surface area contributed by atoms with Crippen molar-refractivity contribution < 1.29 is 22.3 Å². The number of ether oxygens (including phenoxy) is 2. The highest BCUT2D eigenvalue weighted by molar-refractivity contribution is 7.89. The molecule has 2 aromatic carbocycles. The van der Waals surface area contributed by atoms with Gasteiger partial charge in [-0.1, -0.05) is 26.0 Å². The first-order chi connectivity index (χ1) is 12.1. The van der Waals surface area contributed by atoms with Gasteiger partial charge in [-0.15, -0.1) is 0 Å². The predicted molar refractivity (Wildman–Crippen MR) is 96.3 cm³/mol. The monoisotopic (exact) mass is 379 g/mol. The van der Waals surface area contributed by atoms with E-state index in [4.69, 9.17) is 14.6 Å². The molecular formula is C19H22FNO4S. The Morgan fingerprint density at radius 2 is 1.77 bits per heavy atom. The Morgan fingerprint density at radius 1 is 1.12 bits per heavy atom. The van der Waals surface area contributed by atoms with Gasteiger partial charge in [0.05, 0.1) is 18.6 Å². The van der Waals surface area contributed by atoms with Crippen LogP contribution in [0.25, 0.3) is 0 Å². The highest BCUT2D eigenvalue weighted by Crippen LogP contribution is 2.64. The third kappa shape index (κ3) is 3.54. The van der Waals surface area contributed by atoms with E-state index in [2.05, 4.69) is 13.8 Å². The third-order valence-corrected chi connectivity index (χ3v) is 6.09. The van der Waals surface area contributed by atoms with E-state index < -0.39 is 10.0 Å². The van der Waals surface area contributed by atoms with E-state index in [0.29, 0.717) is 18.1 Å². The molecule has 1 aliphatic carbocycles. The number of methoxy groups -OCH3 is 1. The molecule has 0 amide bonds. The van der Waals surface area contributed by atoms with Gasteiger partial charge in [-0.3, -0.25) is 0 Å². The molecule has 1 saturated carbocycles. The van der Waals surface area contributed by atoms with Crippen molar-refractivity contribution in [1.82, 2.24) is 0 Å². The quantitative estimate of drug-likeness (QED) is 0.835. The van der Waals surface area contributed by atoms with Crippen LogP contribution in [0, 0.1) is 17.2 Å². The number of hydrogen-bond donors (Lipinski definition) is 1. The molecule has 0 aliphatic heterocycles. The van der Waals surface area contributed by atoms with Crippen molar-refractivity contribution in [3.05, 3.63) is 53.8 Å². The molecule has 0 radical (unpaired) electrons. The molecule has 2 atom stereocenters. The molecule has 0 heterocycles. The zero-order valence-electron chi connectivity index (χ0n) is 14.9. The molecule has 0 saturated heterocycles. The van der Waals surface area contributed by atoms with Crippen LogP contribution in [0.3, 0.4) is 0 Å². The van der Waals surface area contributed by atoms with Gasteiger partial charge >= 0.3 is 0 Å². The number of primary sulfonamides is 1. The average Bonchev–Trinajstić information content (AvgIpc) is 3.13.